The second kappa shape index (κ2) is 6.37. The van der Waals surface area contributed by atoms with Crippen molar-refractivity contribution in [3.8, 4) is 0 Å². The summed E-state index contributed by atoms with van der Waals surface area (Å²) in [6, 6.07) is 15.2. The van der Waals surface area contributed by atoms with Crippen LogP contribution in [-0.4, -0.2) is 23.9 Å². The van der Waals surface area contributed by atoms with Crippen LogP contribution in [-0.2, 0) is 16.6 Å². The molecule has 1 fully saturated rings. The second-order valence-corrected chi connectivity index (χ2v) is 8.93. The maximum Gasteiger partial charge on any atom is 0.222 e. The van der Waals surface area contributed by atoms with Crippen molar-refractivity contribution >= 4 is 29.3 Å². The topological polar surface area (TPSA) is 20.3 Å². The van der Waals surface area contributed by atoms with E-state index >= 15 is 0 Å². The van der Waals surface area contributed by atoms with Gasteiger partial charge in [-0.2, -0.15) is 0 Å². The number of benzene rings is 2. The Morgan fingerprint density at radius 3 is 2.60 bits per heavy atom. The van der Waals surface area contributed by atoms with Crippen LogP contribution >= 0.6 is 23.4 Å². The quantitative estimate of drug-likeness (QED) is 0.712. The molecule has 1 amide bonds. The smallest absolute Gasteiger partial charge is 0.222 e. The SMILES string of the molecule is CN1C(=O)CC[C@]2(C)c3ccc(Sc4ccc(Cl)cc4)cc3CC[C@@H]12. The summed E-state index contributed by atoms with van der Waals surface area (Å²) < 4.78 is 0. The van der Waals surface area contributed by atoms with Crippen LogP contribution in [0.1, 0.15) is 37.3 Å². The Morgan fingerprint density at radius 2 is 1.84 bits per heavy atom. The van der Waals surface area contributed by atoms with Gasteiger partial charge in [-0.25, -0.2) is 0 Å². The summed E-state index contributed by atoms with van der Waals surface area (Å²) in [5, 5.41) is 0.768. The third kappa shape index (κ3) is 2.98. The highest BCUT2D eigenvalue weighted by molar-refractivity contribution is 7.99. The van der Waals surface area contributed by atoms with Crippen molar-refractivity contribution in [2.75, 3.05) is 7.05 Å². The number of carbonyl (C=O) groups excluding carboxylic acids is 1. The molecule has 2 aliphatic rings. The normalized spacial score (nSPS) is 25.5. The van der Waals surface area contributed by atoms with Crippen molar-refractivity contribution in [3.05, 3.63) is 58.6 Å². The van der Waals surface area contributed by atoms with Crippen LogP contribution < -0.4 is 0 Å². The summed E-state index contributed by atoms with van der Waals surface area (Å²) >= 11 is 7.75. The minimum Gasteiger partial charge on any atom is -0.342 e. The number of hydrogen-bond donors (Lipinski definition) is 0. The molecule has 2 aromatic rings. The Bertz CT molecular complexity index is 819. The van der Waals surface area contributed by atoms with Gasteiger partial charge in [0.25, 0.3) is 0 Å². The van der Waals surface area contributed by atoms with E-state index in [1.807, 2.05) is 24.1 Å². The van der Waals surface area contributed by atoms with Gasteiger partial charge in [0, 0.05) is 39.7 Å². The monoisotopic (exact) mass is 371 g/mol. The zero-order valence-electron chi connectivity index (χ0n) is 14.6. The predicted octanol–water partition coefficient (Wildman–Crippen LogP) is 5.32. The number of hydrogen-bond acceptors (Lipinski definition) is 2. The minimum absolute atomic E-state index is 0.0830. The molecule has 0 spiro atoms. The molecule has 1 saturated heterocycles. The molecule has 2 atom stereocenters. The van der Waals surface area contributed by atoms with Crippen LogP contribution in [0.25, 0.3) is 0 Å². The molecule has 1 aliphatic carbocycles. The Hall–Kier alpha value is -1.45. The molecule has 0 unspecified atom stereocenters. The number of likely N-dealkylation sites (N-methyl/N-ethyl adjacent to an activating group) is 1. The van der Waals surface area contributed by atoms with Gasteiger partial charge in [0.1, 0.15) is 0 Å². The molecular formula is C21H22ClNOS. The fraction of sp³-hybridized carbons (Fsp3) is 0.381. The Labute approximate surface area is 158 Å². The van der Waals surface area contributed by atoms with E-state index in [0.717, 1.165) is 24.3 Å². The number of nitrogens with zero attached hydrogens (tertiary/aromatic N) is 1. The van der Waals surface area contributed by atoms with Gasteiger partial charge in [0.05, 0.1) is 0 Å². The number of rotatable bonds is 2. The lowest BCUT2D eigenvalue weighted by Gasteiger charge is -2.50. The fourth-order valence-electron chi connectivity index (χ4n) is 4.47. The highest BCUT2D eigenvalue weighted by atomic mass is 35.5. The van der Waals surface area contributed by atoms with Gasteiger partial charge in [-0.15, -0.1) is 0 Å². The number of amides is 1. The second-order valence-electron chi connectivity index (χ2n) is 7.35. The Morgan fingerprint density at radius 1 is 1.12 bits per heavy atom. The molecule has 1 heterocycles. The highest BCUT2D eigenvalue weighted by Gasteiger charge is 2.46. The first-order chi connectivity index (χ1) is 12.0. The fourth-order valence-corrected chi connectivity index (χ4v) is 5.47. The molecule has 4 rings (SSSR count). The van der Waals surface area contributed by atoms with E-state index in [1.165, 1.54) is 20.9 Å². The molecule has 0 aromatic heterocycles. The summed E-state index contributed by atoms with van der Waals surface area (Å²) in [6.45, 7) is 2.34. The van der Waals surface area contributed by atoms with E-state index in [9.17, 15) is 4.79 Å². The third-order valence-electron chi connectivity index (χ3n) is 5.88. The van der Waals surface area contributed by atoms with E-state index in [2.05, 4.69) is 37.3 Å². The zero-order chi connectivity index (χ0) is 17.6. The average molecular weight is 372 g/mol. The number of fused-ring (bicyclic) bond motifs is 3. The Balaban J connectivity index is 1.64. The van der Waals surface area contributed by atoms with Crippen molar-refractivity contribution in [2.24, 2.45) is 0 Å². The number of likely N-dealkylation sites (tertiary alicyclic amines) is 1. The van der Waals surface area contributed by atoms with Gasteiger partial charge < -0.3 is 4.90 Å². The van der Waals surface area contributed by atoms with Crippen molar-refractivity contribution in [1.29, 1.82) is 0 Å². The molecule has 4 heteroatoms. The molecular weight excluding hydrogens is 350 g/mol. The number of carbonyl (C=O) groups is 1. The molecule has 0 saturated carbocycles. The minimum atomic E-state index is 0.0830. The maximum atomic E-state index is 12.1. The van der Waals surface area contributed by atoms with Gasteiger partial charge in [0.15, 0.2) is 0 Å². The molecule has 0 bridgehead atoms. The first-order valence-electron chi connectivity index (χ1n) is 8.80. The van der Waals surface area contributed by atoms with Crippen molar-refractivity contribution in [2.45, 2.75) is 53.9 Å². The van der Waals surface area contributed by atoms with Gasteiger partial charge in [-0.05, 0) is 66.8 Å². The van der Waals surface area contributed by atoms with Crippen LogP contribution in [0, 0.1) is 0 Å². The predicted molar refractivity (Wildman–Crippen MR) is 103 cm³/mol. The number of piperidine rings is 1. The molecule has 0 N–H and O–H groups in total. The van der Waals surface area contributed by atoms with E-state index in [0.29, 0.717) is 18.4 Å². The standard InChI is InChI=1S/C21H22ClNOS/c1-21-12-11-20(24)23(2)19(21)10-3-14-13-17(8-9-18(14)21)25-16-6-4-15(22)5-7-16/h4-9,13,19H,3,10-12H2,1-2H3/t19-,21-/m1/s1. The van der Waals surface area contributed by atoms with Crippen molar-refractivity contribution in [1.82, 2.24) is 4.90 Å². The highest BCUT2D eigenvalue weighted by Crippen LogP contribution is 2.46. The molecule has 2 nitrogen and oxygen atoms in total. The van der Waals surface area contributed by atoms with Crippen LogP contribution in [0.2, 0.25) is 5.02 Å². The summed E-state index contributed by atoms with van der Waals surface area (Å²) in [7, 11) is 1.97. The van der Waals surface area contributed by atoms with Crippen molar-refractivity contribution < 1.29 is 4.79 Å². The van der Waals surface area contributed by atoms with Crippen LogP contribution in [0.15, 0.2) is 52.3 Å². The van der Waals surface area contributed by atoms with E-state index in [4.69, 9.17) is 11.6 Å². The summed E-state index contributed by atoms with van der Waals surface area (Å²) in [5.41, 5.74) is 2.96. The number of halogens is 1. The largest absolute Gasteiger partial charge is 0.342 e. The van der Waals surface area contributed by atoms with Crippen LogP contribution in [0.3, 0.4) is 0 Å². The van der Waals surface area contributed by atoms with Crippen LogP contribution in [0.4, 0.5) is 0 Å². The molecule has 130 valence electrons. The van der Waals surface area contributed by atoms with E-state index < -0.39 is 0 Å². The van der Waals surface area contributed by atoms with Gasteiger partial charge in [0.2, 0.25) is 5.91 Å². The third-order valence-corrected chi connectivity index (χ3v) is 7.13. The van der Waals surface area contributed by atoms with Gasteiger partial charge in [-0.1, -0.05) is 36.4 Å². The Kier molecular flexibility index (Phi) is 4.33. The number of aryl methyl sites for hydroxylation is 1. The first-order valence-corrected chi connectivity index (χ1v) is 9.99. The average Bonchev–Trinajstić information content (AvgIpc) is 2.60. The zero-order valence-corrected chi connectivity index (χ0v) is 16.2. The van der Waals surface area contributed by atoms with Gasteiger partial charge in [-0.3, -0.25) is 4.79 Å². The molecule has 1 aliphatic heterocycles. The maximum absolute atomic E-state index is 12.1. The lowest BCUT2D eigenvalue weighted by atomic mass is 9.63. The summed E-state index contributed by atoms with van der Waals surface area (Å²) in [6.07, 6.45) is 3.71. The lowest BCUT2D eigenvalue weighted by Crippen LogP contribution is -2.56. The summed E-state index contributed by atoms with van der Waals surface area (Å²) in [5.74, 6) is 0.292. The van der Waals surface area contributed by atoms with E-state index in [1.54, 1.807) is 11.8 Å². The van der Waals surface area contributed by atoms with E-state index in [-0.39, 0.29) is 5.41 Å². The van der Waals surface area contributed by atoms with Crippen molar-refractivity contribution in [3.63, 3.8) is 0 Å². The van der Waals surface area contributed by atoms with Crippen LogP contribution in [0.5, 0.6) is 0 Å². The lowest BCUT2D eigenvalue weighted by molar-refractivity contribution is -0.138. The molecule has 2 aromatic carbocycles. The summed E-state index contributed by atoms with van der Waals surface area (Å²) in [4.78, 5) is 16.6. The molecule has 0 radical (unpaired) electrons. The van der Waals surface area contributed by atoms with Gasteiger partial charge >= 0.3 is 0 Å². The molecule has 25 heavy (non-hydrogen) atoms. The first kappa shape index (κ1) is 17.0.